The first-order chi connectivity index (χ1) is 10.3. The van der Waals surface area contributed by atoms with Crippen molar-refractivity contribution in [3.63, 3.8) is 0 Å². The standard InChI is InChI=1S/C13H16N6O2/c20-12(15-18-6-8-21-9-7-18)10-19-16-13(14-17-19)11-4-2-1-3-5-11/h1-5H,6-10H2,(H,15,20). The van der Waals surface area contributed by atoms with Crippen molar-refractivity contribution in [3.8, 4) is 11.4 Å². The van der Waals surface area contributed by atoms with Crippen molar-refractivity contribution in [3.05, 3.63) is 30.3 Å². The maximum Gasteiger partial charge on any atom is 0.257 e. The second-order valence-electron chi connectivity index (χ2n) is 4.64. The highest BCUT2D eigenvalue weighted by molar-refractivity contribution is 5.75. The van der Waals surface area contributed by atoms with E-state index < -0.39 is 0 Å². The number of hydrogen-bond donors (Lipinski definition) is 1. The Morgan fingerprint density at radius 2 is 2.00 bits per heavy atom. The van der Waals surface area contributed by atoms with E-state index in [2.05, 4.69) is 20.8 Å². The molecule has 2 heterocycles. The molecular formula is C13H16N6O2. The summed E-state index contributed by atoms with van der Waals surface area (Å²) < 4.78 is 5.22. The summed E-state index contributed by atoms with van der Waals surface area (Å²) in [5.41, 5.74) is 3.67. The average Bonchev–Trinajstić information content (AvgIpc) is 2.97. The molecule has 0 atom stereocenters. The fourth-order valence-corrected chi connectivity index (χ4v) is 2.03. The molecular weight excluding hydrogens is 272 g/mol. The van der Waals surface area contributed by atoms with Crippen molar-refractivity contribution in [2.45, 2.75) is 6.54 Å². The number of hydrazine groups is 1. The van der Waals surface area contributed by atoms with Gasteiger partial charge in [-0.3, -0.25) is 10.2 Å². The molecule has 0 spiro atoms. The van der Waals surface area contributed by atoms with Crippen LogP contribution in [0.3, 0.4) is 0 Å². The quantitative estimate of drug-likeness (QED) is 0.831. The van der Waals surface area contributed by atoms with Gasteiger partial charge in [0.2, 0.25) is 5.82 Å². The number of benzene rings is 1. The van der Waals surface area contributed by atoms with Crippen LogP contribution in [0.5, 0.6) is 0 Å². The van der Waals surface area contributed by atoms with E-state index in [0.717, 1.165) is 5.56 Å². The third-order valence-corrected chi connectivity index (χ3v) is 3.06. The van der Waals surface area contributed by atoms with Crippen LogP contribution in [0, 0.1) is 0 Å². The third-order valence-electron chi connectivity index (χ3n) is 3.06. The Morgan fingerprint density at radius 1 is 1.24 bits per heavy atom. The molecule has 1 saturated heterocycles. The predicted octanol–water partition coefficient (Wildman–Crippen LogP) is -0.297. The van der Waals surface area contributed by atoms with Crippen LogP contribution in [0.2, 0.25) is 0 Å². The molecule has 1 fully saturated rings. The zero-order valence-electron chi connectivity index (χ0n) is 11.5. The summed E-state index contributed by atoms with van der Waals surface area (Å²) >= 11 is 0. The van der Waals surface area contributed by atoms with Gasteiger partial charge in [-0.15, -0.1) is 10.2 Å². The Hall–Kier alpha value is -2.32. The Bertz CT molecular complexity index is 594. The molecule has 3 rings (SSSR count). The molecule has 1 aromatic heterocycles. The summed E-state index contributed by atoms with van der Waals surface area (Å²) in [5, 5.41) is 13.9. The number of aromatic nitrogens is 4. The van der Waals surface area contributed by atoms with E-state index in [4.69, 9.17) is 4.74 Å². The van der Waals surface area contributed by atoms with Crippen LogP contribution >= 0.6 is 0 Å². The Morgan fingerprint density at radius 3 is 2.76 bits per heavy atom. The van der Waals surface area contributed by atoms with E-state index in [-0.39, 0.29) is 12.5 Å². The van der Waals surface area contributed by atoms with E-state index in [0.29, 0.717) is 32.1 Å². The molecule has 1 aromatic carbocycles. The Labute approximate surface area is 121 Å². The van der Waals surface area contributed by atoms with Gasteiger partial charge in [0.05, 0.1) is 13.2 Å². The van der Waals surface area contributed by atoms with Gasteiger partial charge < -0.3 is 4.74 Å². The molecule has 0 radical (unpaired) electrons. The number of nitrogens with one attached hydrogen (secondary N) is 1. The van der Waals surface area contributed by atoms with Crippen LogP contribution in [0.15, 0.2) is 30.3 Å². The molecule has 0 bridgehead atoms. The highest BCUT2D eigenvalue weighted by Gasteiger charge is 2.14. The van der Waals surface area contributed by atoms with Gasteiger partial charge in [0, 0.05) is 18.7 Å². The first-order valence-electron chi connectivity index (χ1n) is 6.77. The lowest BCUT2D eigenvalue weighted by Crippen LogP contribution is -2.49. The molecule has 21 heavy (non-hydrogen) atoms. The molecule has 1 aliphatic heterocycles. The lowest BCUT2D eigenvalue weighted by molar-refractivity contribution is -0.129. The smallest absolute Gasteiger partial charge is 0.257 e. The molecule has 8 heteroatoms. The van der Waals surface area contributed by atoms with E-state index in [9.17, 15) is 4.79 Å². The minimum Gasteiger partial charge on any atom is -0.379 e. The second-order valence-corrected chi connectivity index (χ2v) is 4.64. The second kappa shape index (κ2) is 6.42. The number of nitrogens with zero attached hydrogens (tertiary/aromatic N) is 5. The highest BCUT2D eigenvalue weighted by Crippen LogP contribution is 2.11. The minimum absolute atomic E-state index is 0.0389. The van der Waals surface area contributed by atoms with Gasteiger partial charge in [-0.25, -0.2) is 5.01 Å². The predicted molar refractivity (Wildman–Crippen MR) is 73.8 cm³/mol. The van der Waals surface area contributed by atoms with Gasteiger partial charge in [-0.2, -0.15) is 4.80 Å². The van der Waals surface area contributed by atoms with Crippen LogP contribution in [-0.4, -0.2) is 57.4 Å². The maximum atomic E-state index is 11.9. The zero-order valence-corrected chi connectivity index (χ0v) is 11.5. The first kappa shape index (κ1) is 13.7. The van der Waals surface area contributed by atoms with Gasteiger partial charge in [0.15, 0.2) is 0 Å². The number of rotatable bonds is 4. The number of hydrogen-bond acceptors (Lipinski definition) is 6. The normalized spacial score (nSPS) is 15.8. The minimum atomic E-state index is -0.172. The zero-order chi connectivity index (χ0) is 14.5. The summed E-state index contributed by atoms with van der Waals surface area (Å²) in [7, 11) is 0. The molecule has 2 aromatic rings. The van der Waals surface area contributed by atoms with Crippen LogP contribution < -0.4 is 5.43 Å². The van der Waals surface area contributed by atoms with Crippen LogP contribution in [0.4, 0.5) is 0 Å². The monoisotopic (exact) mass is 288 g/mol. The summed E-state index contributed by atoms with van der Waals surface area (Å²) in [5.74, 6) is 0.337. The lowest BCUT2D eigenvalue weighted by Gasteiger charge is -2.26. The van der Waals surface area contributed by atoms with Crippen LogP contribution in [-0.2, 0) is 16.1 Å². The van der Waals surface area contributed by atoms with Crippen molar-refractivity contribution < 1.29 is 9.53 Å². The number of carbonyl (C=O) groups is 1. The van der Waals surface area contributed by atoms with Crippen molar-refractivity contribution in [2.24, 2.45) is 0 Å². The largest absolute Gasteiger partial charge is 0.379 e. The lowest BCUT2D eigenvalue weighted by atomic mass is 10.2. The van der Waals surface area contributed by atoms with Crippen molar-refractivity contribution >= 4 is 5.91 Å². The van der Waals surface area contributed by atoms with Gasteiger partial charge in [0.25, 0.3) is 5.91 Å². The summed E-state index contributed by atoms with van der Waals surface area (Å²) in [6, 6.07) is 9.52. The molecule has 0 unspecified atom stereocenters. The van der Waals surface area contributed by atoms with Crippen molar-refractivity contribution in [2.75, 3.05) is 26.3 Å². The van der Waals surface area contributed by atoms with Crippen LogP contribution in [0.25, 0.3) is 11.4 Å². The summed E-state index contributed by atoms with van der Waals surface area (Å²) in [6.45, 7) is 2.66. The first-order valence-corrected chi connectivity index (χ1v) is 6.77. The average molecular weight is 288 g/mol. The number of tetrazole rings is 1. The van der Waals surface area contributed by atoms with Crippen LogP contribution in [0.1, 0.15) is 0 Å². The molecule has 0 saturated carbocycles. The molecule has 1 amide bonds. The molecule has 8 nitrogen and oxygen atoms in total. The molecule has 1 N–H and O–H groups in total. The molecule has 110 valence electrons. The summed E-state index contributed by atoms with van der Waals surface area (Å²) in [4.78, 5) is 13.2. The fourth-order valence-electron chi connectivity index (χ4n) is 2.03. The number of ether oxygens (including phenoxy) is 1. The maximum absolute atomic E-state index is 11.9. The van der Waals surface area contributed by atoms with E-state index in [1.54, 1.807) is 0 Å². The summed E-state index contributed by atoms with van der Waals surface area (Å²) in [6.07, 6.45) is 0. The molecule has 0 aliphatic carbocycles. The third kappa shape index (κ3) is 3.61. The van der Waals surface area contributed by atoms with E-state index >= 15 is 0 Å². The number of morpholine rings is 1. The topological polar surface area (TPSA) is 85.2 Å². The van der Waals surface area contributed by atoms with Gasteiger partial charge in [-0.1, -0.05) is 30.3 Å². The Balaban J connectivity index is 1.58. The number of amides is 1. The van der Waals surface area contributed by atoms with E-state index in [1.165, 1.54) is 4.80 Å². The molecule has 1 aliphatic rings. The van der Waals surface area contributed by atoms with Gasteiger partial charge in [0.1, 0.15) is 6.54 Å². The Kier molecular flexibility index (Phi) is 4.17. The van der Waals surface area contributed by atoms with Gasteiger partial charge >= 0.3 is 0 Å². The van der Waals surface area contributed by atoms with Crippen molar-refractivity contribution in [1.29, 1.82) is 0 Å². The van der Waals surface area contributed by atoms with E-state index in [1.807, 2.05) is 35.3 Å². The van der Waals surface area contributed by atoms with Crippen molar-refractivity contribution in [1.82, 2.24) is 30.6 Å². The highest BCUT2D eigenvalue weighted by atomic mass is 16.5. The fraction of sp³-hybridized carbons (Fsp3) is 0.385. The van der Waals surface area contributed by atoms with Gasteiger partial charge in [-0.05, 0) is 5.21 Å². The number of carbonyl (C=O) groups excluding carboxylic acids is 1. The SMILES string of the molecule is O=C(Cn1nnc(-c2ccccc2)n1)NN1CCOCC1.